The van der Waals surface area contributed by atoms with Gasteiger partial charge in [-0.15, -0.1) is 0 Å². The molecule has 0 spiro atoms. The molecule has 0 aliphatic heterocycles. The normalized spacial score (nSPS) is 15.4. The molecule has 3 aromatic rings. The lowest BCUT2D eigenvalue weighted by atomic mass is 9.78. The van der Waals surface area contributed by atoms with E-state index in [1.807, 2.05) is 54.6 Å². The quantitative estimate of drug-likeness (QED) is 0.588. The highest BCUT2D eigenvalue weighted by Crippen LogP contribution is 2.42. The fraction of sp³-hybridized carbons (Fsp3) is 0.250. The molecular weight excluding hydrogens is 408 g/mol. The lowest BCUT2D eigenvalue weighted by molar-refractivity contribution is -0.126. The second-order valence-corrected chi connectivity index (χ2v) is 7.58. The molecule has 0 saturated heterocycles. The van der Waals surface area contributed by atoms with Crippen LogP contribution in [0.4, 0.5) is 6.01 Å². The minimum absolute atomic E-state index is 0.0856. The maximum absolute atomic E-state index is 13.1. The summed E-state index contributed by atoms with van der Waals surface area (Å²) in [6.45, 7) is 0. The van der Waals surface area contributed by atoms with Crippen LogP contribution in [0.5, 0.6) is 0 Å². The van der Waals surface area contributed by atoms with E-state index in [9.17, 15) is 4.79 Å². The van der Waals surface area contributed by atoms with Crippen molar-refractivity contribution in [1.82, 2.24) is 15.6 Å². The number of hydrazine groups is 1. The van der Waals surface area contributed by atoms with E-state index in [0.29, 0.717) is 5.82 Å². The third-order valence-electron chi connectivity index (χ3n) is 5.01. The molecule has 1 amide bonds. The fourth-order valence-corrected chi connectivity index (χ4v) is 4.02. The van der Waals surface area contributed by atoms with Gasteiger partial charge in [0.05, 0.1) is 5.41 Å². The van der Waals surface area contributed by atoms with Gasteiger partial charge in [-0.1, -0.05) is 76.4 Å². The Morgan fingerprint density at radius 1 is 1.07 bits per heavy atom. The number of nitrogens with zero attached hydrogens (tertiary/aromatic N) is 2. The molecule has 7 heteroatoms. The lowest BCUT2D eigenvalue weighted by Crippen LogP contribution is -2.45. The number of hydrogen-bond donors (Lipinski definition) is 2. The summed E-state index contributed by atoms with van der Waals surface area (Å²) in [5.41, 5.74) is 6.86. The van der Waals surface area contributed by atoms with Crippen molar-refractivity contribution >= 4 is 27.9 Å². The molecule has 1 heterocycles. The summed E-state index contributed by atoms with van der Waals surface area (Å²) in [5, 5.41) is 3.94. The first-order valence-electron chi connectivity index (χ1n) is 8.89. The highest BCUT2D eigenvalue weighted by atomic mass is 79.9. The van der Waals surface area contributed by atoms with Crippen LogP contribution in [0.15, 0.2) is 63.6 Å². The van der Waals surface area contributed by atoms with E-state index in [2.05, 4.69) is 36.9 Å². The fourth-order valence-electron chi connectivity index (χ4n) is 3.62. The minimum atomic E-state index is -0.543. The highest BCUT2D eigenvalue weighted by molar-refractivity contribution is 9.10. The lowest BCUT2D eigenvalue weighted by Gasteiger charge is -2.28. The van der Waals surface area contributed by atoms with Crippen LogP contribution in [0.2, 0.25) is 0 Å². The topological polar surface area (TPSA) is 80.0 Å². The van der Waals surface area contributed by atoms with Gasteiger partial charge in [0.2, 0.25) is 11.7 Å². The zero-order valence-electron chi connectivity index (χ0n) is 14.6. The molecule has 4 rings (SSSR count). The van der Waals surface area contributed by atoms with Gasteiger partial charge in [0.25, 0.3) is 0 Å². The maximum atomic E-state index is 13.1. The first-order chi connectivity index (χ1) is 13.2. The SMILES string of the molecule is O=C(NNc1nc(-c2ccccc2)no1)C1(c2cccc(Br)c2)CCCC1. The first kappa shape index (κ1) is 17.7. The van der Waals surface area contributed by atoms with E-state index in [0.717, 1.165) is 41.3 Å². The number of benzene rings is 2. The van der Waals surface area contributed by atoms with Crippen LogP contribution in [-0.4, -0.2) is 16.0 Å². The highest BCUT2D eigenvalue weighted by Gasteiger charge is 2.43. The van der Waals surface area contributed by atoms with E-state index in [1.54, 1.807) is 0 Å². The van der Waals surface area contributed by atoms with Crippen molar-refractivity contribution in [3.63, 3.8) is 0 Å². The second kappa shape index (κ2) is 7.52. The van der Waals surface area contributed by atoms with Crippen LogP contribution in [0, 0.1) is 0 Å². The van der Waals surface area contributed by atoms with Crippen molar-refractivity contribution in [2.24, 2.45) is 0 Å². The molecule has 0 bridgehead atoms. The molecule has 2 N–H and O–H groups in total. The van der Waals surface area contributed by atoms with Gasteiger partial charge >= 0.3 is 6.01 Å². The average molecular weight is 427 g/mol. The van der Waals surface area contributed by atoms with Crippen LogP contribution >= 0.6 is 15.9 Å². The van der Waals surface area contributed by atoms with E-state index in [-0.39, 0.29) is 11.9 Å². The second-order valence-electron chi connectivity index (χ2n) is 6.67. The molecule has 1 saturated carbocycles. The van der Waals surface area contributed by atoms with Crippen molar-refractivity contribution in [3.05, 3.63) is 64.6 Å². The van der Waals surface area contributed by atoms with Crippen molar-refractivity contribution in [2.45, 2.75) is 31.1 Å². The van der Waals surface area contributed by atoms with Crippen molar-refractivity contribution < 1.29 is 9.32 Å². The van der Waals surface area contributed by atoms with Gasteiger partial charge in [0, 0.05) is 10.0 Å². The van der Waals surface area contributed by atoms with E-state index >= 15 is 0 Å². The number of anilines is 1. The van der Waals surface area contributed by atoms with Gasteiger partial charge in [-0.2, -0.15) is 4.98 Å². The standard InChI is InChI=1S/C20H19BrN4O2/c21-16-10-6-9-15(13-16)20(11-4-5-12-20)18(26)23-24-19-22-17(25-27-19)14-7-2-1-3-8-14/h1-3,6-10,13H,4-5,11-12H2,(H,23,26)(H,22,24,25). The number of amides is 1. The molecule has 138 valence electrons. The van der Waals surface area contributed by atoms with E-state index < -0.39 is 5.41 Å². The van der Waals surface area contributed by atoms with Gasteiger partial charge in [-0.3, -0.25) is 10.2 Å². The third-order valence-corrected chi connectivity index (χ3v) is 5.50. The molecule has 27 heavy (non-hydrogen) atoms. The van der Waals surface area contributed by atoms with Crippen molar-refractivity contribution in [1.29, 1.82) is 0 Å². The first-order valence-corrected chi connectivity index (χ1v) is 9.68. The predicted molar refractivity (Wildman–Crippen MR) is 106 cm³/mol. The van der Waals surface area contributed by atoms with Crippen LogP contribution in [-0.2, 0) is 10.2 Å². The number of carbonyl (C=O) groups excluding carboxylic acids is 1. The summed E-state index contributed by atoms with van der Waals surface area (Å²) in [7, 11) is 0. The average Bonchev–Trinajstić information content (AvgIpc) is 3.37. The summed E-state index contributed by atoms with van der Waals surface area (Å²) in [4.78, 5) is 17.3. The Kier molecular flexibility index (Phi) is 4.94. The Morgan fingerprint density at radius 3 is 2.59 bits per heavy atom. The van der Waals surface area contributed by atoms with Gasteiger partial charge in [0.15, 0.2) is 0 Å². The number of hydrogen-bond acceptors (Lipinski definition) is 5. The maximum Gasteiger partial charge on any atom is 0.340 e. The summed E-state index contributed by atoms with van der Waals surface area (Å²) in [5.74, 6) is 0.382. The van der Waals surface area contributed by atoms with Crippen LogP contribution < -0.4 is 10.9 Å². The van der Waals surface area contributed by atoms with Crippen molar-refractivity contribution in [2.75, 3.05) is 5.43 Å². The molecule has 1 aliphatic rings. The number of halogens is 1. The summed E-state index contributed by atoms with van der Waals surface area (Å²) in [6.07, 6.45) is 3.68. The molecule has 2 aromatic carbocycles. The van der Waals surface area contributed by atoms with Gasteiger partial charge in [-0.05, 0) is 30.5 Å². The molecule has 1 fully saturated rings. The Bertz CT molecular complexity index is 936. The molecule has 0 unspecified atom stereocenters. The Balaban J connectivity index is 1.49. The molecule has 0 radical (unpaired) electrons. The predicted octanol–water partition coefficient (Wildman–Crippen LogP) is 4.45. The molecule has 1 aromatic heterocycles. The summed E-state index contributed by atoms with van der Waals surface area (Å²) < 4.78 is 6.16. The largest absolute Gasteiger partial charge is 0.340 e. The third kappa shape index (κ3) is 3.60. The van der Waals surface area contributed by atoms with Crippen LogP contribution in [0.1, 0.15) is 31.2 Å². The van der Waals surface area contributed by atoms with E-state index in [1.165, 1.54) is 0 Å². The number of nitrogens with one attached hydrogen (secondary N) is 2. The van der Waals surface area contributed by atoms with Crippen LogP contribution in [0.25, 0.3) is 11.4 Å². The van der Waals surface area contributed by atoms with Crippen molar-refractivity contribution in [3.8, 4) is 11.4 Å². The van der Waals surface area contributed by atoms with Crippen LogP contribution in [0.3, 0.4) is 0 Å². The zero-order chi connectivity index (χ0) is 18.7. The molecular formula is C20H19BrN4O2. The number of aromatic nitrogens is 2. The van der Waals surface area contributed by atoms with Gasteiger partial charge < -0.3 is 4.52 Å². The Labute approximate surface area is 165 Å². The number of rotatable bonds is 5. The zero-order valence-corrected chi connectivity index (χ0v) is 16.2. The minimum Gasteiger partial charge on any atom is -0.313 e. The Hall–Kier alpha value is -2.67. The number of carbonyl (C=O) groups is 1. The molecule has 0 atom stereocenters. The van der Waals surface area contributed by atoms with Gasteiger partial charge in [-0.25, -0.2) is 5.43 Å². The smallest absolute Gasteiger partial charge is 0.313 e. The summed E-state index contributed by atoms with van der Waals surface area (Å²) >= 11 is 3.50. The monoisotopic (exact) mass is 426 g/mol. The molecule has 6 nitrogen and oxygen atoms in total. The summed E-state index contributed by atoms with van der Waals surface area (Å²) in [6, 6.07) is 17.6. The van der Waals surface area contributed by atoms with E-state index in [4.69, 9.17) is 4.52 Å². The van der Waals surface area contributed by atoms with Gasteiger partial charge in [0.1, 0.15) is 0 Å². The Morgan fingerprint density at radius 2 is 1.85 bits per heavy atom. The molecule has 1 aliphatic carbocycles.